The maximum Gasteiger partial charge on any atom is 0.252 e. The quantitative estimate of drug-likeness (QED) is 0.854. The lowest BCUT2D eigenvalue weighted by molar-refractivity contribution is 0.0949. The van der Waals surface area contributed by atoms with Gasteiger partial charge in [-0.2, -0.15) is 0 Å². The second-order valence-electron chi connectivity index (χ2n) is 4.43. The highest BCUT2D eigenvalue weighted by atomic mass is 79.9. The van der Waals surface area contributed by atoms with Crippen molar-refractivity contribution in [2.24, 2.45) is 0 Å². The Kier molecular flexibility index (Phi) is 5.77. The summed E-state index contributed by atoms with van der Waals surface area (Å²) < 4.78 is 11.3. The average Bonchev–Trinajstić information content (AvgIpc) is 2.54. The SMILES string of the molecule is CCOc1ncccc1CNC(=O)c1cc(OC)ccc1Br. The van der Waals surface area contributed by atoms with Crippen molar-refractivity contribution in [3.63, 3.8) is 0 Å². The summed E-state index contributed by atoms with van der Waals surface area (Å²) in [7, 11) is 1.56. The van der Waals surface area contributed by atoms with Crippen molar-refractivity contribution >= 4 is 21.8 Å². The zero-order chi connectivity index (χ0) is 15.9. The van der Waals surface area contributed by atoms with Gasteiger partial charge in [-0.05, 0) is 47.1 Å². The van der Waals surface area contributed by atoms with Crippen molar-refractivity contribution in [2.75, 3.05) is 13.7 Å². The number of carbonyl (C=O) groups excluding carboxylic acids is 1. The third kappa shape index (κ3) is 3.98. The molecule has 0 radical (unpaired) electrons. The topological polar surface area (TPSA) is 60.5 Å². The maximum absolute atomic E-state index is 12.3. The van der Waals surface area contributed by atoms with Crippen molar-refractivity contribution in [1.29, 1.82) is 0 Å². The summed E-state index contributed by atoms with van der Waals surface area (Å²) in [5.41, 5.74) is 1.35. The molecule has 2 rings (SSSR count). The zero-order valence-electron chi connectivity index (χ0n) is 12.4. The van der Waals surface area contributed by atoms with Crippen LogP contribution in [0.3, 0.4) is 0 Å². The molecule has 116 valence electrons. The summed E-state index contributed by atoms with van der Waals surface area (Å²) in [6, 6.07) is 8.94. The van der Waals surface area contributed by atoms with E-state index in [2.05, 4.69) is 26.2 Å². The first-order valence-corrected chi connectivity index (χ1v) is 7.63. The minimum atomic E-state index is -0.197. The lowest BCUT2D eigenvalue weighted by Gasteiger charge is -2.11. The highest BCUT2D eigenvalue weighted by molar-refractivity contribution is 9.10. The van der Waals surface area contributed by atoms with Crippen molar-refractivity contribution in [3.8, 4) is 11.6 Å². The Morgan fingerprint density at radius 3 is 2.91 bits per heavy atom. The van der Waals surface area contributed by atoms with Crippen molar-refractivity contribution in [1.82, 2.24) is 10.3 Å². The lowest BCUT2D eigenvalue weighted by atomic mass is 10.2. The molecule has 0 bridgehead atoms. The van der Waals surface area contributed by atoms with Gasteiger partial charge in [-0.3, -0.25) is 4.79 Å². The molecule has 22 heavy (non-hydrogen) atoms. The molecule has 0 aliphatic heterocycles. The van der Waals surface area contributed by atoms with Crippen molar-refractivity contribution in [2.45, 2.75) is 13.5 Å². The Hall–Kier alpha value is -2.08. The largest absolute Gasteiger partial charge is 0.497 e. The van der Waals surface area contributed by atoms with Crippen LogP contribution in [0, 0.1) is 0 Å². The van der Waals surface area contributed by atoms with Gasteiger partial charge < -0.3 is 14.8 Å². The van der Waals surface area contributed by atoms with Crippen LogP contribution in [-0.2, 0) is 6.54 Å². The molecule has 1 aromatic carbocycles. The van der Waals surface area contributed by atoms with Gasteiger partial charge in [-0.1, -0.05) is 6.07 Å². The maximum atomic E-state index is 12.3. The van der Waals surface area contributed by atoms with Gasteiger partial charge in [0.15, 0.2) is 0 Å². The minimum absolute atomic E-state index is 0.197. The van der Waals surface area contributed by atoms with Gasteiger partial charge in [-0.25, -0.2) is 4.98 Å². The van der Waals surface area contributed by atoms with E-state index in [0.29, 0.717) is 34.8 Å². The van der Waals surface area contributed by atoms with Gasteiger partial charge in [0, 0.05) is 22.8 Å². The van der Waals surface area contributed by atoms with Crippen molar-refractivity contribution < 1.29 is 14.3 Å². The van der Waals surface area contributed by atoms with Crippen LogP contribution in [0.5, 0.6) is 11.6 Å². The molecule has 1 amide bonds. The molecular weight excluding hydrogens is 348 g/mol. The van der Waals surface area contributed by atoms with Crippen LogP contribution in [-0.4, -0.2) is 24.6 Å². The van der Waals surface area contributed by atoms with E-state index in [0.717, 1.165) is 5.56 Å². The van der Waals surface area contributed by atoms with Crippen molar-refractivity contribution in [3.05, 3.63) is 52.1 Å². The molecule has 6 heteroatoms. The van der Waals surface area contributed by atoms with Crippen LogP contribution in [0.1, 0.15) is 22.8 Å². The van der Waals surface area contributed by atoms with E-state index < -0.39 is 0 Å². The molecule has 5 nitrogen and oxygen atoms in total. The summed E-state index contributed by atoms with van der Waals surface area (Å²) in [4.78, 5) is 16.5. The Labute approximate surface area is 137 Å². The number of hydrogen-bond donors (Lipinski definition) is 1. The molecule has 0 aliphatic carbocycles. The fourth-order valence-electron chi connectivity index (χ4n) is 1.90. The monoisotopic (exact) mass is 364 g/mol. The summed E-state index contributed by atoms with van der Waals surface area (Å²) >= 11 is 3.37. The normalized spacial score (nSPS) is 10.1. The van der Waals surface area contributed by atoms with Crippen LogP contribution in [0.25, 0.3) is 0 Å². The molecule has 0 unspecified atom stereocenters. The molecule has 0 fully saturated rings. The summed E-state index contributed by atoms with van der Waals surface area (Å²) in [5, 5.41) is 2.86. The lowest BCUT2D eigenvalue weighted by Crippen LogP contribution is -2.23. The molecule has 0 aliphatic rings. The van der Waals surface area contributed by atoms with E-state index in [-0.39, 0.29) is 5.91 Å². The van der Waals surface area contributed by atoms with Crippen LogP contribution in [0.15, 0.2) is 41.0 Å². The van der Waals surface area contributed by atoms with E-state index in [1.165, 1.54) is 0 Å². The number of aromatic nitrogens is 1. The van der Waals surface area contributed by atoms with E-state index >= 15 is 0 Å². The van der Waals surface area contributed by atoms with Gasteiger partial charge in [0.05, 0.1) is 19.3 Å². The second-order valence-corrected chi connectivity index (χ2v) is 5.28. The number of amides is 1. The molecule has 1 aromatic heterocycles. The smallest absolute Gasteiger partial charge is 0.252 e. The number of carbonyl (C=O) groups is 1. The number of ether oxygens (including phenoxy) is 2. The minimum Gasteiger partial charge on any atom is -0.497 e. The predicted octanol–water partition coefficient (Wildman–Crippen LogP) is 3.18. The molecule has 1 N–H and O–H groups in total. The molecule has 0 saturated carbocycles. The first-order chi connectivity index (χ1) is 10.7. The third-order valence-corrected chi connectivity index (χ3v) is 3.68. The number of methoxy groups -OCH3 is 1. The number of halogens is 1. The summed E-state index contributed by atoms with van der Waals surface area (Å²) in [5.74, 6) is 0.969. The number of pyridine rings is 1. The van der Waals surface area contributed by atoms with Gasteiger partial charge in [0.25, 0.3) is 5.91 Å². The molecular formula is C16H17BrN2O3. The highest BCUT2D eigenvalue weighted by Gasteiger charge is 2.12. The van der Waals surface area contributed by atoms with Gasteiger partial charge >= 0.3 is 0 Å². The second kappa shape index (κ2) is 7.79. The Balaban J connectivity index is 2.10. The van der Waals surface area contributed by atoms with Gasteiger partial charge in [-0.15, -0.1) is 0 Å². The summed E-state index contributed by atoms with van der Waals surface area (Å²) in [6.07, 6.45) is 1.66. The van der Waals surface area contributed by atoms with Crippen LogP contribution in [0.2, 0.25) is 0 Å². The van der Waals surface area contributed by atoms with Crippen LogP contribution < -0.4 is 14.8 Å². The molecule has 1 heterocycles. The highest BCUT2D eigenvalue weighted by Crippen LogP contribution is 2.22. The first kappa shape index (κ1) is 16.3. The van der Waals surface area contributed by atoms with E-state index in [9.17, 15) is 4.79 Å². The van der Waals surface area contributed by atoms with Gasteiger partial charge in [0.2, 0.25) is 5.88 Å². The zero-order valence-corrected chi connectivity index (χ0v) is 14.0. The molecule has 2 aromatic rings. The Morgan fingerprint density at radius 1 is 1.36 bits per heavy atom. The first-order valence-electron chi connectivity index (χ1n) is 6.84. The fraction of sp³-hybridized carbons (Fsp3) is 0.250. The number of benzene rings is 1. The predicted molar refractivity (Wildman–Crippen MR) is 87.3 cm³/mol. The summed E-state index contributed by atoms with van der Waals surface area (Å²) in [6.45, 7) is 2.76. The average molecular weight is 365 g/mol. The Morgan fingerprint density at radius 2 is 2.18 bits per heavy atom. The Bertz CT molecular complexity index is 662. The molecule has 0 spiro atoms. The van der Waals surface area contributed by atoms with E-state index in [4.69, 9.17) is 9.47 Å². The number of rotatable bonds is 6. The van der Waals surface area contributed by atoms with Crippen LogP contribution >= 0.6 is 15.9 Å². The molecule has 0 saturated heterocycles. The van der Waals surface area contributed by atoms with E-state index in [1.807, 2.05) is 19.1 Å². The third-order valence-electron chi connectivity index (χ3n) is 2.99. The number of hydrogen-bond acceptors (Lipinski definition) is 4. The standard InChI is InChI=1S/C16H17BrN2O3/c1-3-22-16-11(5-4-8-18-16)10-19-15(20)13-9-12(21-2)6-7-14(13)17/h4-9H,3,10H2,1-2H3,(H,19,20). The number of nitrogens with one attached hydrogen (secondary N) is 1. The fourth-order valence-corrected chi connectivity index (χ4v) is 2.33. The number of nitrogens with zero attached hydrogens (tertiary/aromatic N) is 1. The van der Waals surface area contributed by atoms with E-state index in [1.54, 1.807) is 31.5 Å². The molecule has 0 atom stereocenters. The van der Waals surface area contributed by atoms with Crippen LogP contribution in [0.4, 0.5) is 0 Å². The van der Waals surface area contributed by atoms with Gasteiger partial charge in [0.1, 0.15) is 5.75 Å².